The lowest BCUT2D eigenvalue weighted by Crippen LogP contribution is -1.73. The monoisotopic (exact) mass is 172 g/mol. The third-order valence-corrected chi connectivity index (χ3v) is 1.62. The highest BCUT2D eigenvalue weighted by molar-refractivity contribution is 5.48. The van der Waals surface area contributed by atoms with E-state index in [1.807, 2.05) is 6.92 Å². The number of aldehydes is 1. The van der Waals surface area contributed by atoms with Crippen LogP contribution < -0.4 is 0 Å². The summed E-state index contributed by atoms with van der Waals surface area (Å²) in [5, 5.41) is 0. The second kappa shape index (κ2) is 17.0. The van der Waals surface area contributed by atoms with Gasteiger partial charge in [-0.25, -0.2) is 0 Å². The van der Waals surface area contributed by atoms with Crippen molar-refractivity contribution in [2.75, 3.05) is 0 Å². The number of hydrogen-bond donors (Lipinski definition) is 0. The molecule has 0 rings (SSSR count). The topological polar surface area (TPSA) is 17.1 Å². The summed E-state index contributed by atoms with van der Waals surface area (Å²) in [6, 6.07) is 0. The average molecular weight is 172 g/mol. The molecule has 12 heavy (non-hydrogen) atoms. The van der Waals surface area contributed by atoms with E-state index < -0.39 is 0 Å². The van der Waals surface area contributed by atoms with Gasteiger partial charge in [0.05, 0.1) is 0 Å². The largest absolute Gasteiger partial charge is 0.303 e. The van der Waals surface area contributed by atoms with E-state index in [2.05, 4.69) is 13.8 Å². The van der Waals surface area contributed by atoms with Crippen LogP contribution >= 0.6 is 0 Å². The smallest absolute Gasteiger partial charge is 0.119 e. The molecule has 0 bridgehead atoms. The third kappa shape index (κ3) is 22.6. The molecule has 0 unspecified atom stereocenters. The second-order valence-corrected chi connectivity index (χ2v) is 2.99. The van der Waals surface area contributed by atoms with Crippen molar-refractivity contribution in [3.05, 3.63) is 0 Å². The molecule has 0 amide bonds. The zero-order valence-corrected chi connectivity index (χ0v) is 8.94. The molecular weight excluding hydrogens is 148 g/mol. The molecule has 0 saturated carbocycles. The molecule has 0 fully saturated rings. The highest BCUT2D eigenvalue weighted by Crippen LogP contribution is 2.03. The predicted molar refractivity (Wildman–Crippen MR) is 55.4 cm³/mol. The van der Waals surface area contributed by atoms with Gasteiger partial charge in [0.2, 0.25) is 0 Å². The summed E-state index contributed by atoms with van der Waals surface area (Å²) in [6.07, 6.45) is 10.0. The summed E-state index contributed by atoms with van der Waals surface area (Å²) in [4.78, 5) is 9.17. The molecule has 0 saturated heterocycles. The van der Waals surface area contributed by atoms with Crippen LogP contribution in [0.2, 0.25) is 0 Å². The maximum absolute atomic E-state index is 9.17. The lowest BCUT2D eigenvalue weighted by molar-refractivity contribution is -0.107. The first-order valence-electron chi connectivity index (χ1n) is 5.27. The zero-order chi connectivity index (χ0) is 9.66. The van der Waals surface area contributed by atoms with Crippen molar-refractivity contribution < 1.29 is 4.79 Å². The highest BCUT2D eigenvalue weighted by Gasteiger charge is 1.83. The van der Waals surface area contributed by atoms with Crippen molar-refractivity contribution in [1.29, 1.82) is 0 Å². The molecule has 0 aliphatic heterocycles. The van der Waals surface area contributed by atoms with Gasteiger partial charge in [0.25, 0.3) is 0 Å². The van der Waals surface area contributed by atoms with Crippen molar-refractivity contribution >= 4 is 6.29 Å². The molecule has 1 heteroatoms. The van der Waals surface area contributed by atoms with Gasteiger partial charge in [-0.2, -0.15) is 0 Å². The van der Waals surface area contributed by atoms with E-state index in [4.69, 9.17) is 0 Å². The molecule has 0 heterocycles. The van der Waals surface area contributed by atoms with E-state index in [0.29, 0.717) is 6.42 Å². The molecule has 1 nitrogen and oxygen atoms in total. The van der Waals surface area contributed by atoms with Crippen LogP contribution in [0.25, 0.3) is 0 Å². The predicted octanol–water partition coefficient (Wildman–Crippen LogP) is 3.96. The maximum atomic E-state index is 9.17. The first-order chi connectivity index (χ1) is 5.83. The fraction of sp³-hybridized carbons (Fsp3) is 0.909. The van der Waals surface area contributed by atoms with E-state index in [1.165, 1.54) is 38.5 Å². The Labute approximate surface area is 77.6 Å². The fourth-order valence-corrected chi connectivity index (χ4v) is 0.854. The first-order valence-corrected chi connectivity index (χ1v) is 5.27. The van der Waals surface area contributed by atoms with E-state index in [9.17, 15) is 4.79 Å². The molecule has 0 aromatic heterocycles. The Balaban J connectivity index is 0. The first kappa shape index (κ1) is 14.2. The number of unbranched alkanes of at least 4 members (excludes halogenated alkanes) is 5. The molecule has 0 radical (unpaired) electrons. The minimum absolute atomic E-state index is 0.639. The molecule has 0 spiro atoms. The van der Waals surface area contributed by atoms with Crippen LogP contribution in [0, 0.1) is 0 Å². The Morgan fingerprint density at radius 1 is 0.833 bits per heavy atom. The van der Waals surface area contributed by atoms with Gasteiger partial charge in [-0.05, 0) is 0 Å². The molecule has 0 aromatic carbocycles. The average Bonchev–Trinajstić information content (AvgIpc) is 2.13. The summed E-state index contributed by atoms with van der Waals surface area (Å²) in [7, 11) is 0. The molecule has 0 atom stereocenters. The zero-order valence-electron chi connectivity index (χ0n) is 8.94. The fourth-order valence-electron chi connectivity index (χ4n) is 0.854. The summed E-state index contributed by atoms with van der Waals surface area (Å²) < 4.78 is 0. The van der Waals surface area contributed by atoms with E-state index >= 15 is 0 Å². The van der Waals surface area contributed by atoms with Crippen molar-refractivity contribution in [3.63, 3.8) is 0 Å². The molecule has 0 aliphatic carbocycles. The highest BCUT2D eigenvalue weighted by atomic mass is 16.1. The normalized spacial score (nSPS) is 8.58. The van der Waals surface area contributed by atoms with Crippen LogP contribution in [0.1, 0.15) is 65.7 Å². The molecular formula is C11H24O. The number of carbonyl (C=O) groups is 1. The Kier molecular flexibility index (Phi) is 20.1. The van der Waals surface area contributed by atoms with Gasteiger partial charge in [0, 0.05) is 6.42 Å². The number of rotatable bonds is 6. The molecule has 0 N–H and O–H groups in total. The van der Waals surface area contributed by atoms with E-state index in [0.717, 1.165) is 6.29 Å². The minimum atomic E-state index is 0.639. The van der Waals surface area contributed by atoms with Crippen molar-refractivity contribution in [3.8, 4) is 0 Å². The van der Waals surface area contributed by atoms with E-state index in [-0.39, 0.29) is 0 Å². The van der Waals surface area contributed by atoms with Gasteiger partial charge >= 0.3 is 0 Å². The molecule has 0 aliphatic rings. The van der Waals surface area contributed by atoms with E-state index in [1.54, 1.807) is 0 Å². The molecule has 74 valence electrons. The summed E-state index contributed by atoms with van der Waals surface area (Å²) >= 11 is 0. The van der Waals surface area contributed by atoms with Gasteiger partial charge in [-0.3, -0.25) is 0 Å². The Bertz CT molecular complexity index is 63.4. The van der Waals surface area contributed by atoms with Crippen molar-refractivity contribution in [1.82, 2.24) is 0 Å². The lowest BCUT2D eigenvalue weighted by Gasteiger charge is -1.93. The van der Waals surface area contributed by atoms with Crippen LogP contribution in [0.3, 0.4) is 0 Å². The quantitative estimate of drug-likeness (QED) is 0.438. The third-order valence-electron chi connectivity index (χ3n) is 1.62. The van der Waals surface area contributed by atoms with Crippen LogP contribution in [0.15, 0.2) is 0 Å². The van der Waals surface area contributed by atoms with Crippen molar-refractivity contribution in [2.45, 2.75) is 65.7 Å². The lowest BCUT2D eigenvalue weighted by atomic mass is 10.1. The van der Waals surface area contributed by atoms with Crippen molar-refractivity contribution in [2.24, 2.45) is 0 Å². The number of hydrogen-bond acceptors (Lipinski definition) is 1. The van der Waals surface area contributed by atoms with Gasteiger partial charge in [0.1, 0.15) is 6.29 Å². The SMILES string of the molecule is CCC=O.CCCCCCCC. The minimum Gasteiger partial charge on any atom is -0.303 e. The van der Waals surface area contributed by atoms with Crippen LogP contribution in [0.5, 0.6) is 0 Å². The van der Waals surface area contributed by atoms with Crippen LogP contribution in [-0.2, 0) is 4.79 Å². The van der Waals surface area contributed by atoms with Gasteiger partial charge in [-0.1, -0.05) is 59.3 Å². The molecule has 0 aromatic rings. The van der Waals surface area contributed by atoms with Gasteiger partial charge in [-0.15, -0.1) is 0 Å². The summed E-state index contributed by atoms with van der Waals surface area (Å²) in [5.41, 5.74) is 0. The second-order valence-electron chi connectivity index (χ2n) is 2.99. The maximum Gasteiger partial charge on any atom is 0.119 e. The summed E-state index contributed by atoms with van der Waals surface area (Å²) in [5.74, 6) is 0. The Hall–Kier alpha value is -0.330. The Morgan fingerprint density at radius 3 is 1.33 bits per heavy atom. The van der Waals surface area contributed by atoms with Crippen LogP contribution in [-0.4, -0.2) is 6.29 Å². The van der Waals surface area contributed by atoms with Gasteiger partial charge in [0.15, 0.2) is 0 Å². The summed E-state index contributed by atoms with van der Waals surface area (Å²) in [6.45, 7) is 6.32. The Morgan fingerprint density at radius 2 is 1.17 bits per heavy atom. The number of carbonyl (C=O) groups excluding carboxylic acids is 1. The van der Waals surface area contributed by atoms with Gasteiger partial charge < -0.3 is 4.79 Å². The van der Waals surface area contributed by atoms with Crippen LogP contribution in [0.4, 0.5) is 0 Å². The standard InChI is InChI=1S/C8H18.C3H6O/c1-3-5-7-8-6-4-2;1-2-3-4/h3-8H2,1-2H3;3H,2H2,1H3.